The minimum absolute atomic E-state index is 0.0493. The van der Waals surface area contributed by atoms with E-state index < -0.39 is 36.1 Å². The molecule has 4 aromatic carbocycles. The van der Waals surface area contributed by atoms with Gasteiger partial charge in [-0.05, 0) is 109 Å². The van der Waals surface area contributed by atoms with E-state index in [2.05, 4.69) is 13.2 Å². The van der Waals surface area contributed by atoms with Gasteiger partial charge in [-0.1, -0.05) is 25.3 Å². The first-order valence-corrected chi connectivity index (χ1v) is 18.7. The molecule has 58 heavy (non-hydrogen) atoms. The average Bonchev–Trinajstić information content (AvgIpc) is 3.24. The van der Waals surface area contributed by atoms with Crippen molar-refractivity contribution in [2.24, 2.45) is 0 Å². The van der Waals surface area contributed by atoms with Crippen molar-refractivity contribution in [3.8, 4) is 23.0 Å². The summed E-state index contributed by atoms with van der Waals surface area (Å²) in [5.74, 6) is -0.365. The minimum atomic E-state index is -0.907. The topological polar surface area (TPSA) is 183 Å². The number of ether oxygens (including phenoxy) is 8. The Morgan fingerprint density at radius 2 is 0.862 bits per heavy atom. The van der Waals surface area contributed by atoms with Crippen molar-refractivity contribution in [2.45, 2.75) is 37.9 Å². The van der Waals surface area contributed by atoms with Gasteiger partial charge in [-0.25, -0.2) is 19.2 Å². The van der Waals surface area contributed by atoms with Gasteiger partial charge in [-0.2, -0.15) is 0 Å². The van der Waals surface area contributed by atoms with Gasteiger partial charge in [0.1, 0.15) is 48.4 Å². The van der Waals surface area contributed by atoms with E-state index in [1.807, 2.05) is 0 Å². The van der Waals surface area contributed by atoms with Gasteiger partial charge in [0, 0.05) is 25.4 Å². The van der Waals surface area contributed by atoms with Gasteiger partial charge < -0.3 is 48.1 Å². The Hall–Kier alpha value is -6.06. The molecule has 2 unspecified atom stereocenters. The first-order chi connectivity index (χ1) is 28.1. The first kappa shape index (κ1) is 44.7. The number of unbranched alkanes of at least 4 members (excludes halogenated alkanes) is 2. The van der Waals surface area contributed by atoms with Crippen molar-refractivity contribution >= 4 is 34.6 Å². The Morgan fingerprint density at radius 1 is 0.500 bits per heavy atom. The summed E-state index contributed by atoms with van der Waals surface area (Å²) in [7, 11) is 0. The number of esters is 4. The molecule has 0 aliphatic rings. The lowest BCUT2D eigenvalue weighted by molar-refractivity contribution is -0.142. The number of rotatable bonds is 26. The number of aliphatic hydroxyl groups excluding tert-OH is 2. The normalized spacial score (nSPS) is 11.8. The number of carbonyl (C=O) groups is 4. The van der Waals surface area contributed by atoms with Crippen LogP contribution in [0.25, 0.3) is 10.8 Å². The van der Waals surface area contributed by atoms with E-state index in [-0.39, 0.29) is 26.4 Å². The van der Waals surface area contributed by atoms with Crippen molar-refractivity contribution in [3.63, 3.8) is 0 Å². The summed E-state index contributed by atoms with van der Waals surface area (Å²) in [5.41, 5.74) is 0.699. The molecule has 0 spiro atoms. The monoisotopic (exact) mass is 800 g/mol. The average molecular weight is 801 g/mol. The zero-order valence-corrected chi connectivity index (χ0v) is 32.1. The van der Waals surface area contributed by atoms with E-state index in [1.54, 1.807) is 84.9 Å². The molecule has 0 aliphatic heterocycles. The maximum Gasteiger partial charge on any atom is 0.343 e. The maximum absolute atomic E-state index is 12.8. The van der Waals surface area contributed by atoms with Gasteiger partial charge in [-0.15, -0.1) is 0 Å². The van der Waals surface area contributed by atoms with E-state index in [4.69, 9.17) is 37.9 Å². The highest BCUT2D eigenvalue weighted by atomic mass is 16.6. The Labute approximate surface area is 336 Å². The summed E-state index contributed by atoms with van der Waals surface area (Å²) in [4.78, 5) is 47.7. The fourth-order valence-electron chi connectivity index (χ4n) is 5.04. The predicted molar refractivity (Wildman–Crippen MR) is 212 cm³/mol. The molecule has 0 saturated carbocycles. The molecule has 0 saturated heterocycles. The SMILES string of the molecule is C=CC(=O)OCC(O)COCCCCOc1ccc(C(=O)Oc2ccc3cc(OC(=O)c4ccc(OCCCCOCC(O)COC(=O)C=C)cc4)ccc3c2)cc1. The summed E-state index contributed by atoms with van der Waals surface area (Å²) in [6.07, 6.45) is 3.05. The van der Waals surface area contributed by atoms with Gasteiger partial charge in [0.15, 0.2) is 0 Å². The highest BCUT2D eigenvalue weighted by Crippen LogP contribution is 2.27. The molecule has 0 aliphatic carbocycles. The molecule has 4 aromatic rings. The van der Waals surface area contributed by atoms with Crippen LogP contribution in [0, 0.1) is 0 Å². The Bertz CT molecular complexity index is 1800. The first-order valence-electron chi connectivity index (χ1n) is 18.7. The molecule has 0 aromatic heterocycles. The fraction of sp³-hybridized carbons (Fsp3) is 0.318. The Kier molecular flexibility index (Phi) is 18.9. The zero-order chi connectivity index (χ0) is 41.5. The molecular weight excluding hydrogens is 752 g/mol. The molecule has 308 valence electrons. The second-order valence-electron chi connectivity index (χ2n) is 12.7. The van der Waals surface area contributed by atoms with Crippen molar-refractivity contribution < 1.29 is 67.3 Å². The van der Waals surface area contributed by atoms with Gasteiger partial charge in [-0.3, -0.25) is 0 Å². The number of fused-ring (bicyclic) bond motifs is 1. The highest BCUT2D eigenvalue weighted by molar-refractivity contribution is 5.94. The molecule has 0 radical (unpaired) electrons. The zero-order valence-electron chi connectivity index (χ0n) is 32.1. The van der Waals surface area contributed by atoms with Crippen LogP contribution in [-0.4, -0.2) is 99.2 Å². The minimum Gasteiger partial charge on any atom is -0.494 e. The van der Waals surface area contributed by atoms with Crippen LogP contribution in [0.5, 0.6) is 23.0 Å². The third kappa shape index (κ3) is 16.2. The van der Waals surface area contributed by atoms with Crippen LogP contribution in [-0.2, 0) is 28.5 Å². The molecule has 0 fully saturated rings. The maximum atomic E-state index is 12.8. The second-order valence-corrected chi connectivity index (χ2v) is 12.7. The van der Waals surface area contributed by atoms with E-state index in [0.717, 1.165) is 22.9 Å². The summed E-state index contributed by atoms with van der Waals surface area (Å²) in [5, 5.41) is 21.0. The van der Waals surface area contributed by atoms with Crippen LogP contribution < -0.4 is 18.9 Å². The summed E-state index contributed by atoms with van der Waals surface area (Å²) in [6, 6.07) is 23.5. The fourth-order valence-corrected chi connectivity index (χ4v) is 5.04. The van der Waals surface area contributed by atoms with E-state index in [0.29, 0.717) is 86.2 Å². The molecule has 0 amide bonds. The largest absolute Gasteiger partial charge is 0.494 e. The number of aliphatic hydroxyl groups is 2. The molecule has 14 nitrogen and oxygen atoms in total. The molecule has 2 N–H and O–H groups in total. The number of hydrogen-bond donors (Lipinski definition) is 2. The third-order valence-electron chi connectivity index (χ3n) is 8.08. The lowest BCUT2D eigenvalue weighted by Crippen LogP contribution is -2.23. The van der Waals surface area contributed by atoms with Crippen LogP contribution >= 0.6 is 0 Å². The van der Waals surface area contributed by atoms with E-state index in [9.17, 15) is 29.4 Å². The standard InChI is InChI=1S/C44H48O14/c1-3-41(47)55-29-35(45)27-51-21-5-7-23-53-37-15-9-31(10-16-37)43(49)57-39-19-13-34-26-40(20-14-33(34)25-39)58-44(50)32-11-17-38(18-12-32)54-24-8-6-22-52-28-36(46)30-56-42(48)4-2/h3-4,9-20,25-26,35-36,45-46H,1-2,5-8,21-24,27-30H2. The summed E-state index contributed by atoms with van der Waals surface area (Å²) >= 11 is 0. The molecule has 0 heterocycles. The summed E-state index contributed by atoms with van der Waals surface area (Å²) < 4.78 is 43.0. The Balaban J connectivity index is 1.12. The molecule has 2 atom stereocenters. The molecule has 14 heteroatoms. The van der Waals surface area contributed by atoms with Gasteiger partial charge in [0.25, 0.3) is 0 Å². The number of benzene rings is 4. The Morgan fingerprint density at radius 3 is 1.24 bits per heavy atom. The van der Waals surface area contributed by atoms with E-state index >= 15 is 0 Å². The van der Waals surface area contributed by atoms with Crippen molar-refractivity contribution in [1.29, 1.82) is 0 Å². The lowest BCUT2D eigenvalue weighted by atomic mass is 10.1. The van der Waals surface area contributed by atoms with Crippen molar-refractivity contribution in [2.75, 3.05) is 52.9 Å². The van der Waals surface area contributed by atoms with Crippen LogP contribution in [0.1, 0.15) is 46.4 Å². The highest BCUT2D eigenvalue weighted by Gasteiger charge is 2.13. The van der Waals surface area contributed by atoms with Crippen molar-refractivity contribution in [3.05, 3.63) is 121 Å². The molecular formula is C44H48O14. The smallest absolute Gasteiger partial charge is 0.343 e. The number of hydrogen-bond acceptors (Lipinski definition) is 14. The third-order valence-corrected chi connectivity index (χ3v) is 8.08. The quantitative estimate of drug-likeness (QED) is 0.0336. The summed E-state index contributed by atoms with van der Waals surface area (Å²) in [6.45, 7) is 8.05. The van der Waals surface area contributed by atoms with Crippen molar-refractivity contribution in [1.82, 2.24) is 0 Å². The van der Waals surface area contributed by atoms with Gasteiger partial charge >= 0.3 is 23.9 Å². The number of carbonyl (C=O) groups excluding carboxylic acids is 4. The van der Waals surface area contributed by atoms with Crippen LogP contribution in [0.3, 0.4) is 0 Å². The molecule has 4 rings (SSSR count). The van der Waals surface area contributed by atoms with E-state index in [1.165, 1.54) is 0 Å². The van der Waals surface area contributed by atoms with Crippen LogP contribution in [0.2, 0.25) is 0 Å². The van der Waals surface area contributed by atoms with Crippen LogP contribution in [0.4, 0.5) is 0 Å². The van der Waals surface area contributed by atoms with Crippen LogP contribution in [0.15, 0.2) is 110 Å². The molecule has 0 bridgehead atoms. The second kappa shape index (κ2) is 24.5. The van der Waals surface area contributed by atoms with Gasteiger partial charge in [0.05, 0.1) is 37.6 Å². The lowest BCUT2D eigenvalue weighted by Gasteiger charge is -2.11. The predicted octanol–water partition coefficient (Wildman–Crippen LogP) is 5.81. The van der Waals surface area contributed by atoms with Gasteiger partial charge in [0.2, 0.25) is 0 Å².